The van der Waals surface area contributed by atoms with E-state index in [4.69, 9.17) is 9.72 Å². The van der Waals surface area contributed by atoms with Gasteiger partial charge in [-0.05, 0) is 57.2 Å². The summed E-state index contributed by atoms with van der Waals surface area (Å²) in [4.78, 5) is 28.2. The molecule has 0 radical (unpaired) electrons. The number of aliphatic hydroxyl groups is 1. The van der Waals surface area contributed by atoms with Crippen LogP contribution in [0.3, 0.4) is 0 Å². The molecule has 194 valence electrons. The van der Waals surface area contributed by atoms with Crippen LogP contribution in [0.25, 0.3) is 0 Å². The van der Waals surface area contributed by atoms with E-state index >= 15 is 0 Å². The number of nitrogens with zero attached hydrogens (tertiary/aromatic N) is 5. The summed E-state index contributed by atoms with van der Waals surface area (Å²) in [6, 6.07) is 13.1. The van der Waals surface area contributed by atoms with Gasteiger partial charge in [0.1, 0.15) is 11.4 Å². The number of methoxy groups -OCH3 is 1. The molecule has 37 heavy (non-hydrogen) atoms. The Labute approximate surface area is 216 Å². The van der Waals surface area contributed by atoms with E-state index in [1.54, 1.807) is 36.4 Å². The molecule has 1 atom stereocenters. The lowest BCUT2D eigenvalue weighted by Crippen LogP contribution is -2.43. The maximum absolute atomic E-state index is 13.0. The van der Waals surface area contributed by atoms with Crippen molar-refractivity contribution >= 4 is 34.7 Å². The van der Waals surface area contributed by atoms with E-state index in [1.165, 1.54) is 0 Å². The molecule has 10 nitrogen and oxygen atoms in total. The van der Waals surface area contributed by atoms with Gasteiger partial charge in [-0.25, -0.2) is 4.98 Å². The molecule has 3 heterocycles. The minimum Gasteiger partial charge on any atom is -0.495 e. The van der Waals surface area contributed by atoms with Crippen LogP contribution in [-0.2, 0) is 0 Å². The molecule has 0 bridgehead atoms. The standard InChI is InChI=1S/C27H33N7O3/c1-32-13-11-18(12-14-32)29-25(35)17-9-10-23(37-4)20(15-17)30-27-28-16-22-24(31-27)33(2)21-8-6-5-7-19(21)26(36)34(22)3/h5-10,15-16,18,26,36H,11-14H2,1-4H3,(H,29,35)(H,28,30,31). The van der Waals surface area contributed by atoms with Gasteiger partial charge in [-0.15, -0.1) is 0 Å². The predicted octanol–water partition coefficient (Wildman–Crippen LogP) is 3.26. The van der Waals surface area contributed by atoms with Gasteiger partial charge in [0.05, 0.1) is 19.0 Å². The van der Waals surface area contributed by atoms with E-state index in [2.05, 4.69) is 27.6 Å². The van der Waals surface area contributed by atoms with Crippen molar-refractivity contribution in [1.82, 2.24) is 20.2 Å². The van der Waals surface area contributed by atoms with E-state index in [9.17, 15) is 9.90 Å². The van der Waals surface area contributed by atoms with Crippen molar-refractivity contribution in [2.45, 2.75) is 25.1 Å². The van der Waals surface area contributed by atoms with E-state index in [1.807, 2.05) is 43.3 Å². The third kappa shape index (κ3) is 4.90. The highest BCUT2D eigenvalue weighted by molar-refractivity contribution is 5.96. The number of ether oxygens (including phenoxy) is 1. The van der Waals surface area contributed by atoms with Gasteiger partial charge in [-0.3, -0.25) is 4.79 Å². The van der Waals surface area contributed by atoms with Gasteiger partial charge >= 0.3 is 0 Å². The van der Waals surface area contributed by atoms with Crippen LogP contribution in [-0.4, -0.2) is 73.3 Å². The van der Waals surface area contributed by atoms with Gasteiger partial charge in [-0.1, -0.05) is 18.2 Å². The second-order valence-electron chi connectivity index (χ2n) is 9.60. The minimum absolute atomic E-state index is 0.116. The number of carbonyl (C=O) groups is 1. The van der Waals surface area contributed by atoms with Crippen LogP contribution in [0.4, 0.5) is 28.8 Å². The zero-order chi connectivity index (χ0) is 26.1. The number of fused-ring (bicyclic) bond motifs is 2. The topological polar surface area (TPSA) is 106 Å². The van der Waals surface area contributed by atoms with Crippen LogP contribution >= 0.6 is 0 Å². The summed E-state index contributed by atoms with van der Waals surface area (Å²) >= 11 is 0. The van der Waals surface area contributed by atoms with Crippen molar-refractivity contribution in [3.05, 3.63) is 59.8 Å². The Morgan fingerprint density at radius 1 is 1.08 bits per heavy atom. The second-order valence-corrected chi connectivity index (χ2v) is 9.60. The molecule has 1 amide bonds. The highest BCUT2D eigenvalue weighted by Crippen LogP contribution is 2.42. The molecule has 1 aromatic heterocycles. The molecule has 2 aromatic carbocycles. The van der Waals surface area contributed by atoms with Gasteiger partial charge in [-0.2, -0.15) is 4.98 Å². The highest BCUT2D eigenvalue weighted by Gasteiger charge is 2.29. The third-order valence-electron chi connectivity index (χ3n) is 7.15. The third-order valence-corrected chi connectivity index (χ3v) is 7.15. The highest BCUT2D eigenvalue weighted by atomic mass is 16.5. The number of para-hydroxylation sites is 1. The van der Waals surface area contributed by atoms with Gasteiger partial charge in [0.15, 0.2) is 12.0 Å². The summed E-state index contributed by atoms with van der Waals surface area (Å²) in [5.41, 5.74) is 3.45. The van der Waals surface area contributed by atoms with Crippen molar-refractivity contribution in [1.29, 1.82) is 0 Å². The van der Waals surface area contributed by atoms with Crippen LogP contribution in [0.5, 0.6) is 5.75 Å². The molecule has 1 fully saturated rings. The molecule has 0 saturated carbocycles. The molecule has 1 saturated heterocycles. The lowest BCUT2D eigenvalue weighted by molar-refractivity contribution is 0.0917. The Bertz CT molecular complexity index is 1290. The summed E-state index contributed by atoms with van der Waals surface area (Å²) in [6.45, 7) is 1.95. The summed E-state index contributed by atoms with van der Waals surface area (Å²) in [5.74, 6) is 1.44. The van der Waals surface area contributed by atoms with Crippen LogP contribution in [0.15, 0.2) is 48.7 Å². The number of hydrogen-bond acceptors (Lipinski definition) is 9. The van der Waals surface area contributed by atoms with Crippen molar-refractivity contribution in [2.24, 2.45) is 0 Å². The Balaban J connectivity index is 1.42. The minimum atomic E-state index is -0.831. The first kappa shape index (κ1) is 24.8. The van der Waals surface area contributed by atoms with Crippen molar-refractivity contribution < 1.29 is 14.6 Å². The summed E-state index contributed by atoms with van der Waals surface area (Å²) in [7, 11) is 7.40. The average molecular weight is 504 g/mol. The number of rotatable bonds is 5. The van der Waals surface area contributed by atoms with Gasteiger partial charge in [0, 0.05) is 37.0 Å². The van der Waals surface area contributed by atoms with Crippen molar-refractivity contribution in [3.63, 3.8) is 0 Å². The molecule has 3 N–H and O–H groups in total. The largest absolute Gasteiger partial charge is 0.495 e. The fourth-order valence-corrected chi connectivity index (χ4v) is 4.88. The van der Waals surface area contributed by atoms with Gasteiger partial charge in [0.25, 0.3) is 5.91 Å². The van der Waals surface area contributed by atoms with Gasteiger partial charge in [0.2, 0.25) is 5.95 Å². The molecular weight excluding hydrogens is 470 g/mol. The fourth-order valence-electron chi connectivity index (χ4n) is 4.88. The van der Waals surface area contributed by atoms with Crippen LogP contribution in [0.2, 0.25) is 0 Å². The number of aromatic nitrogens is 2. The Hall–Kier alpha value is -3.89. The first-order valence-corrected chi connectivity index (χ1v) is 12.4. The lowest BCUT2D eigenvalue weighted by atomic mass is 10.0. The molecular formula is C27H33N7O3. The predicted molar refractivity (Wildman–Crippen MR) is 144 cm³/mol. The molecule has 2 aliphatic rings. The molecule has 5 rings (SSSR count). The Morgan fingerprint density at radius 2 is 1.84 bits per heavy atom. The van der Waals surface area contributed by atoms with Crippen LogP contribution in [0.1, 0.15) is 35.0 Å². The molecule has 2 aliphatic heterocycles. The van der Waals surface area contributed by atoms with E-state index in [0.717, 1.165) is 37.2 Å². The second kappa shape index (κ2) is 10.2. The average Bonchev–Trinajstić information content (AvgIpc) is 2.99. The molecule has 10 heteroatoms. The molecule has 1 unspecified atom stereocenters. The van der Waals surface area contributed by atoms with Crippen LogP contribution in [0, 0.1) is 0 Å². The Kier molecular flexibility index (Phi) is 6.86. The van der Waals surface area contributed by atoms with Crippen LogP contribution < -0.4 is 25.2 Å². The quantitative estimate of drug-likeness (QED) is 0.484. The lowest BCUT2D eigenvalue weighted by Gasteiger charge is -2.29. The first-order chi connectivity index (χ1) is 17.9. The maximum Gasteiger partial charge on any atom is 0.251 e. The Morgan fingerprint density at radius 3 is 2.59 bits per heavy atom. The van der Waals surface area contributed by atoms with E-state index in [0.29, 0.717) is 34.5 Å². The maximum atomic E-state index is 13.0. The number of hydrogen-bond donors (Lipinski definition) is 3. The number of benzene rings is 2. The number of likely N-dealkylation sites (tertiary alicyclic amines) is 1. The number of anilines is 5. The van der Waals surface area contributed by atoms with E-state index in [-0.39, 0.29) is 11.9 Å². The fraction of sp³-hybridized carbons (Fsp3) is 0.370. The number of aliphatic hydroxyl groups excluding tert-OH is 1. The number of amides is 1. The summed E-state index contributed by atoms with van der Waals surface area (Å²) in [6.07, 6.45) is 2.72. The smallest absolute Gasteiger partial charge is 0.251 e. The molecule has 0 aliphatic carbocycles. The SMILES string of the molecule is COc1ccc(C(=O)NC2CCN(C)CC2)cc1Nc1ncc2c(n1)N(C)c1ccccc1C(O)N2C. The monoisotopic (exact) mass is 503 g/mol. The first-order valence-electron chi connectivity index (χ1n) is 12.4. The van der Waals surface area contributed by atoms with Gasteiger partial charge < -0.3 is 35.2 Å². The number of carbonyl (C=O) groups excluding carboxylic acids is 1. The number of nitrogens with one attached hydrogen (secondary N) is 2. The van der Waals surface area contributed by atoms with Crippen molar-refractivity contribution in [2.75, 3.05) is 56.5 Å². The number of piperidine rings is 1. The summed E-state index contributed by atoms with van der Waals surface area (Å²) < 4.78 is 5.54. The summed E-state index contributed by atoms with van der Waals surface area (Å²) in [5, 5.41) is 17.3. The zero-order valence-electron chi connectivity index (χ0n) is 21.6. The molecule has 3 aromatic rings. The molecule has 0 spiro atoms. The van der Waals surface area contributed by atoms with E-state index < -0.39 is 6.23 Å². The normalized spacial score (nSPS) is 18.0. The van der Waals surface area contributed by atoms with Crippen molar-refractivity contribution in [3.8, 4) is 5.75 Å². The zero-order valence-corrected chi connectivity index (χ0v) is 21.6.